The number of hydrogen-bond donors (Lipinski definition) is 2. The molecular weight excluding hydrogens is 489 g/mol. The molecule has 1 saturated carbocycles. The van der Waals surface area contributed by atoms with Gasteiger partial charge in [0.1, 0.15) is 0 Å². The highest BCUT2D eigenvalue weighted by Gasteiger charge is 2.25. The Balaban J connectivity index is 0.00000364. The van der Waals surface area contributed by atoms with Crippen LogP contribution >= 0.6 is 35.7 Å². The second kappa shape index (κ2) is 14.7. The third kappa shape index (κ3) is 9.65. The Morgan fingerprint density at radius 3 is 2.74 bits per heavy atom. The van der Waals surface area contributed by atoms with E-state index in [-0.39, 0.29) is 24.0 Å². The van der Waals surface area contributed by atoms with Crippen molar-refractivity contribution < 1.29 is 4.21 Å². The molecule has 4 nitrogen and oxygen atoms in total. The molecule has 7 heteroatoms. The first-order valence-corrected chi connectivity index (χ1v) is 12.2. The third-order valence-electron chi connectivity index (χ3n) is 4.55. The van der Waals surface area contributed by atoms with Crippen molar-refractivity contribution in [3.8, 4) is 0 Å². The molecule has 1 fully saturated rings. The average Bonchev–Trinajstić information content (AvgIpc) is 2.68. The number of hydrogen-bond acceptors (Lipinski definition) is 3. The van der Waals surface area contributed by atoms with Crippen LogP contribution in [0.3, 0.4) is 0 Å². The van der Waals surface area contributed by atoms with Crippen LogP contribution in [0.15, 0.2) is 40.2 Å². The maximum atomic E-state index is 12.1. The summed E-state index contributed by atoms with van der Waals surface area (Å²) >= 11 is 1.88. The summed E-state index contributed by atoms with van der Waals surface area (Å²) in [5, 5.41) is 7.27. The van der Waals surface area contributed by atoms with Crippen LogP contribution in [-0.4, -0.2) is 46.1 Å². The van der Waals surface area contributed by atoms with Crippen LogP contribution in [0, 0.1) is 0 Å². The summed E-state index contributed by atoms with van der Waals surface area (Å²) in [7, 11) is -0.682. The smallest absolute Gasteiger partial charge is 0.191 e. The molecule has 3 unspecified atom stereocenters. The lowest BCUT2D eigenvalue weighted by Gasteiger charge is -2.30. The van der Waals surface area contributed by atoms with Gasteiger partial charge in [0.05, 0.1) is 0 Å². The molecule has 0 aromatic heterocycles. The monoisotopic (exact) mass is 523 g/mol. The van der Waals surface area contributed by atoms with Gasteiger partial charge in [0.2, 0.25) is 0 Å². The first-order valence-electron chi connectivity index (χ1n) is 9.82. The summed E-state index contributed by atoms with van der Waals surface area (Å²) in [5.74, 6) is 2.75. The predicted octanol–water partition coefficient (Wildman–Crippen LogP) is 4.42. The molecule has 0 spiro atoms. The second-order valence-corrected chi connectivity index (χ2v) is 9.75. The molecule has 1 aliphatic carbocycles. The minimum atomic E-state index is -0.682. The molecular formula is C20H34IN3OS2. The maximum absolute atomic E-state index is 12.1. The molecule has 0 heterocycles. The van der Waals surface area contributed by atoms with Gasteiger partial charge in [-0.3, -0.25) is 9.20 Å². The fraction of sp³-hybridized carbons (Fsp3) is 0.650. The lowest BCUT2D eigenvalue weighted by atomic mass is 9.95. The first kappa shape index (κ1) is 24.8. The van der Waals surface area contributed by atoms with Crippen LogP contribution in [0.1, 0.15) is 46.0 Å². The van der Waals surface area contributed by atoms with E-state index in [1.165, 1.54) is 4.90 Å². The van der Waals surface area contributed by atoms with E-state index in [4.69, 9.17) is 4.99 Å². The number of benzene rings is 1. The topological polar surface area (TPSA) is 53.5 Å². The van der Waals surface area contributed by atoms with Crippen molar-refractivity contribution in [3.63, 3.8) is 0 Å². The minimum absolute atomic E-state index is 0. The highest BCUT2D eigenvalue weighted by molar-refractivity contribution is 14.0. The van der Waals surface area contributed by atoms with Crippen molar-refractivity contribution in [2.24, 2.45) is 4.99 Å². The van der Waals surface area contributed by atoms with Gasteiger partial charge in [-0.2, -0.15) is 0 Å². The van der Waals surface area contributed by atoms with Crippen molar-refractivity contribution >= 4 is 52.5 Å². The summed E-state index contributed by atoms with van der Waals surface area (Å²) < 4.78 is 12.1. The van der Waals surface area contributed by atoms with E-state index < -0.39 is 10.8 Å². The summed E-state index contributed by atoms with van der Waals surface area (Å²) in [5.41, 5.74) is 0. The van der Waals surface area contributed by atoms with Gasteiger partial charge in [-0.25, -0.2) is 0 Å². The zero-order chi connectivity index (χ0) is 18.6. The normalized spacial score (nSPS) is 21.2. The summed E-state index contributed by atoms with van der Waals surface area (Å²) in [4.78, 5) is 6.05. The predicted molar refractivity (Wildman–Crippen MR) is 131 cm³/mol. The average molecular weight is 524 g/mol. The van der Waals surface area contributed by atoms with Gasteiger partial charge in [-0.05, 0) is 50.5 Å². The Kier molecular flexibility index (Phi) is 13.5. The van der Waals surface area contributed by atoms with Crippen molar-refractivity contribution in [1.29, 1.82) is 0 Å². The number of rotatable bonds is 9. The zero-order valence-corrected chi connectivity index (χ0v) is 20.4. The lowest BCUT2D eigenvalue weighted by molar-refractivity contribution is 0.413. The molecule has 0 saturated heterocycles. The van der Waals surface area contributed by atoms with Crippen LogP contribution < -0.4 is 10.6 Å². The largest absolute Gasteiger partial charge is 0.357 e. The van der Waals surface area contributed by atoms with Crippen LogP contribution in [0.25, 0.3) is 0 Å². The van der Waals surface area contributed by atoms with Crippen LogP contribution in [0.4, 0.5) is 0 Å². The van der Waals surface area contributed by atoms with Gasteiger partial charge < -0.3 is 10.6 Å². The van der Waals surface area contributed by atoms with Crippen LogP contribution in [-0.2, 0) is 10.8 Å². The van der Waals surface area contributed by atoms with Crippen molar-refractivity contribution in [1.82, 2.24) is 10.6 Å². The van der Waals surface area contributed by atoms with E-state index in [1.54, 1.807) is 0 Å². The van der Waals surface area contributed by atoms with Crippen molar-refractivity contribution in [2.45, 2.75) is 62.1 Å². The van der Waals surface area contributed by atoms with Crippen LogP contribution in [0.2, 0.25) is 0 Å². The molecule has 1 aromatic carbocycles. The molecule has 0 aliphatic heterocycles. The molecule has 3 atom stereocenters. The Hall–Kier alpha value is -0.280. The standard InChI is InChI=1S/C20H33N3OS2.HI/c1-3-21-20(22-14-9-15-25-18-11-6-5-7-12-18)23-17-10-8-13-19(16-17)26(24)4-2;/h5-7,11-12,17,19H,3-4,8-10,13-16H2,1-2H3,(H2,21,22,23);1H. The molecule has 1 aliphatic rings. The van der Waals surface area contributed by atoms with E-state index in [9.17, 15) is 4.21 Å². The number of halogens is 1. The number of nitrogens with zero attached hydrogens (tertiary/aromatic N) is 1. The van der Waals surface area contributed by atoms with E-state index in [1.807, 2.05) is 18.7 Å². The number of nitrogens with one attached hydrogen (secondary N) is 2. The Bertz CT molecular complexity index is 572. The molecule has 0 bridgehead atoms. The van der Waals surface area contributed by atoms with E-state index >= 15 is 0 Å². The molecule has 2 rings (SSSR count). The highest BCUT2D eigenvalue weighted by atomic mass is 127. The molecule has 2 N–H and O–H groups in total. The summed E-state index contributed by atoms with van der Waals surface area (Å²) in [6.07, 6.45) is 5.45. The molecule has 0 amide bonds. The molecule has 0 radical (unpaired) electrons. The lowest BCUT2D eigenvalue weighted by Crippen LogP contribution is -2.46. The third-order valence-corrected chi connectivity index (χ3v) is 7.39. The molecule has 27 heavy (non-hydrogen) atoms. The SMILES string of the molecule is CCNC(=NCCCSc1ccccc1)NC1CCCC(S(=O)CC)C1.I. The Morgan fingerprint density at radius 1 is 1.26 bits per heavy atom. The summed E-state index contributed by atoms with van der Waals surface area (Å²) in [6, 6.07) is 10.9. The van der Waals surface area contributed by atoms with Crippen molar-refractivity contribution in [3.05, 3.63) is 30.3 Å². The van der Waals surface area contributed by atoms with Gasteiger partial charge in [0, 0.05) is 45.8 Å². The Labute approximate surface area is 188 Å². The molecule has 154 valence electrons. The molecule has 1 aromatic rings. The van der Waals surface area contributed by atoms with Crippen molar-refractivity contribution in [2.75, 3.05) is 24.6 Å². The minimum Gasteiger partial charge on any atom is -0.357 e. The fourth-order valence-corrected chi connectivity index (χ4v) is 5.43. The van der Waals surface area contributed by atoms with E-state index in [2.05, 4.69) is 47.9 Å². The maximum Gasteiger partial charge on any atom is 0.191 e. The Morgan fingerprint density at radius 2 is 2.04 bits per heavy atom. The fourth-order valence-electron chi connectivity index (χ4n) is 3.23. The number of aliphatic imine (C=N–C) groups is 1. The second-order valence-electron chi connectivity index (χ2n) is 6.58. The van der Waals surface area contributed by atoms with E-state index in [0.29, 0.717) is 11.3 Å². The highest BCUT2D eigenvalue weighted by Crippen LogP contribution is 2.23. The quantitative estimate of drug-likeness (QED) is 0.166. The number of guanidine groups is 1. The van der Waals surface area contributed by atoms with Gasteiger partial charge in [-0.15, -0.1) is 35.7 Å². The first-order chi connectivity index (χ1) is 12.7. The van der Waals surface area contributed by atoms with Gasteiger partial charge in [-0.1, -0.05) is 31.5 Å². The van der Waals surface area contributed by atoms with Crippen LogP contribution in [0.5, 0.6) is 0 Å². The van der Waals surface area contributed by atoms with Gasteiger partial charge in [0.25, 0.3) is 0 Å². The van der Waals surface area contributed by atoms with Gasteiger partial charge >= 0.3 is 0 Å². The number of thioether (sulfide) groups is 1. The zero-order valence-electron chi connectivity index (χ0n) is 16.5. The van der Waals surface area contributed by atoms with Gasteiger partial charge in [0.15, 0.2) is 5.96 Å². The summed E-state index contributed by atoms with van der Waals surface area (Å²) in [6.45, 7) is 5.80. The van der Waals surface area contributed by atoms with E-state index in [0.717, 1.165) is 62.7 Å².